The van der Waals surface area contributed by atoms with Crippen LogP contribution >= 0.6 is 11.3 Å². The first-order valence-corrected chi connectivity index (χ1v) is 8.40. The Hall–Kier alpha value is -0.900. The quantitative estimate of drug-likeness (QED) is 0.903. The van der Waals surface area contributed by atoms with E-state index >= 15 is 0 Å². The molecule has 1 fully saturated rings. The average Bonchev–Trinajstić information content (AvgIpc) is 3.03. The molecule has 0 saturated carbocycles. The zero-order valence-corrected chi connectivity index (χ0v) is 13.1. The van der Waals surface area contributed by atoms with Gasteiger partial charge in [-0.25, -0.2) is 0 Å². The summed E-state index contributed by atoms with van der Waals surface area (Å²) >= 11 is 1.86. The van der Waals surface area contributed by atoms with Crippen LogP contribution in [0.4, 0.5) is 0 Å². The second-order valence-electron chi connectivity index (χ2n) is 5.84. The van der Waals surface area contributed by atoms with Gasteiger partial charge in [-0.2, -0.15) is 0 Å². The van der Waals surface area contributed by atoms with E-state index in [0.717, 1.165) is 32.5 Å². The number of thiophene rings is 1. The summed E-state index contributed by atoms with van der Waals surface area (Å²) in [5, 5.41) is 7.31. The van der Waals surface area contributed by atoms with Crippen molar-refractivity contribution in [2.24, 2.45) is 5.41 Å². The molecule has 0 bridgehead atoms. The fourth-order valence-electron chi connectivity index (χ4n) is 3.27. The summed E-state index contributed by atoms with van der Waals surface area (Å²) in [5.41, 5.74) is 1.74. The molecule has 0 spiro atoms. The van der Waals surface area contributed by atoms with Gasteiger partial charge >= 0.3 is 0 Å². The molecule has 1 aromatic heterocycles. The number of hydrogen-bond acceptors (Lipinski definition) is 3. The van der Waals surface area contributed by atoms with Crippen molar-refractivity contribution in [3.8, 4) is 0 Å². The fraction of sp³-hybridized carbons (Fsp3) is 0.529. The first-order chi connectivity index (χ1) is 9.75. The molecule has 1 aliphatic heterocycles. The van der Waals surface area contributed by atoms with Crippen LogP contribution in [0.15, 0.2) is 29.6 Å². The summed E-state index contributed by atoms with van der Waals surface area (Å²) in [6, 6.07) is 8.74. The van der Waals surface area contributed by atoms with Crippen LogP contribution in [0.1, 0.15) is 25.8 Å². The summed E-state index contributed by atoms with van der Waals surface area (Å²) < 4.78 is 7.29. The molecule has 1 N–H and O–H groups in total. The van der Waals surface area contributed by atoms with Crippen molar-refractivity contribution in [1.29, 1.82) is 0 Å². The Labute approximate surface area is 125 Å². The van der Waals surface area contributed by atoms with E-state index < -0.39 is 0 Å². The van der Waals surface area contributed by atoms with Gasteiger partial charge < -0.3 is 10.1 Å². The van der Waals surface area contributed by atoms with Crippen LogP contribution in [0, 0.1) is 5.41 Å². The van der Waals surface area contributed by atoms with E-state index in [2.05, 4.69) is 48.8 Å². The highest BCUT2D eigenvalue weighted by molar-refractivity contribution is 7.17. The Morgan fingerprint density at radius 1 is 1.40 bits per heavy atom. The third-order valence-corrected chi connectivity index (χ3v) is 5.67. The number of ether oxygens (including phenoxy) is 1. The van der Waals surface area contributed by atoms with E-state index in [4.69, 9.17) is 4.74 Å². The monoisotopic (exact) mass is 289 g/mol. The number of hydrogen-bond donors (Lipinski definition) is 1. The molecule has 3 rings (SSSR count). The van der Waals surface area contributed by atoms with Crippen LogP contribution < -0.4 is 5.32 Å². The predicted octanol–water partition coefficient (Wildman–Crippen LogP) is 3.85. The molecule has 2 unspecified atom stereocenters. The Kier molecular flexibility index (Phi) is 4.11. The van der Waals surface area contributed by atoms with Crippen LogP contribution in [0.3, 0.4) is 0 Å². The normalized spacial score (nSPS) is 26.4. The molecule has 3 heteroatoms. The summed E-state index contributed by atoms with van der Waals surface area (Å²) in [5.74, 6) is 0. The van der Waals surface area contributed by atoms with Crippen molar-refractivity contribution >= 4 is 21.4 Å². The van der Waals surface area contributed by atoms with Gasteiger partial charge in [0.05, 0.1) is 6.10 Å². The van der Waals surface area contributed by atoms with Crippen LogP contribution in [0.25, 0.3) is 10.1 Å². The fourth-order valence-corrected chi connectivity index (χ4v) is 4.23. The van der Waals surface area contributed by atoms with Crippen molar-refractivity contribution in [2.75, 3.05) is 19.7 Å². The average molecular weight is 289 g/mol. The van der Waals surface area contributed by atoms with E-state index in [0.29, 0.717) is 6.10 Å². The second kappa shape index (κ2) is 5.84. The Morgan fingerprint density at radius 2 is 2.25 bits per heavy atom. The lowest BCUT2D eigenvalue weighted by Gasteiger charge is -2.32. The van der Waals surface area contributed by atoms with Crippen molar-refractivity contribution < 1.29 is 4.74 Å². The standard InChI is InChI=1S/C17H23NOS/c1-3-18-12-17(8-9-19-13(17)2)10-14-11-20-16-7-5-4-6-15(14)16/h4-7,11,13,18H,3,8-10,12H2,1-2H3. The minimum absolute atomic E-state index is 0.250. The summed E-state index contributed by atoms with van der Waals surface area (Å²) in [7, 11) is 0. The second-order valence-corrected chi connectivity index (χ2v) is 6.75. The summed E-state index contributed by atoms with van der Waals surface area (Å²) in [6.45, 7) is 7.38. The number of fused-ring (bicyclic) bond motifs is 1. The smallest absolute Gasteiger partial charge is 0.0619 e. The molecule has 1 aromatic carbocycles. The summed E-state index contributed by atoms with van der Waals surface area (Å²) in [6.07, 6.45) is 2.61. The van der Waals surface area contributed by atoms with Crippen LogP contribution in [-0.4, -0.2) is 25.8 Å². The van der Waals surface area contributed by atoms with Crippen molar-refractivity contribution in [3.05, 3.63) is 35.2 Å². The van der Waals surface area contributed by atoms with Crippen LogP contribution in [-0.2, 0) is 11.2 Å². The molecule has 1 aliphatic rings. The first kappa shape index (κ1) is 14.1. The predicted molar refractivity (Wildman–Crippen MR) is 86.5 cm³/mol. The minimum atomic E-state index is 0.250. The van der Waals surface area contributed by atoms with Gasteiger partial charge in [0, 0.05) is 23.3 Å². The highest BCUT2D eigenvalue weighted by Crippen LogP contribution is 2.40. The molecule has 2 aromatic rings. The van der Waals surface area contributed by atoms with Gasteiger partial charge in [-0.1, -0.05) is 25.1 Å². The Bertz CT molecular complexity index is 579. The lowest BCUT2D eigenvalue weighted by atomic mass is 9.76. The van der Waals surface area contributed by atoms with Gasteiger partial charge in [0.25, 0.3) is 0 Å². The van der Waals surface area contributed by atoms with Gasteiger partial charge in [0.1, 0.15) is 0 Å². The number of rotatable bonds is 5. The largest absolute Gasteiger partial charge is 0.378 e. The van der Waals surface area contributed by atoms with Crippen molar-refractivity contribution in [2.45, 2.75) is 32.8 Å². The lowest BCUT2D eigenvalue weighted by Crippen LogP contribution is -2.41. The zero-order valence-electron chi connectivity index (χ0n) is 12.3. The molecule has 2 heterocycles. The van der Waals surface area contributed by atoms with E-state index in [1.54, 1.807) is 0 Å². The zero-order chi connectivity index (χ0) is 14.0. The minimum Gasteiger partial charge on any atom is -0.378 e. The molecule has 2 atom stereocenters. The SMILES string of the molecule is CCNCC1(Cc2csc3ccccc23)CCOC1C. The van der Waals surface area contributed by atoms with Crippen LogP contribution in [0.2, 0.25) is 0 Å². The highest BCUT2D eigenvalue weighted by Gasteiger charge is 2.41. The Morgan fingerprint density at radius 3 is 3.00 bits per heavy atom. The van der Waals surface area contributed by atoms with E-state index in [1.807, 2.05) is 11.3 Å². The Balaban J connectivity index is 1.89. The maximum absolute atomic E-state index is 5.89. The molecule has 0 radical (unpaired) electrons. The summed E-state index contributed by atoms with van der Waals surface area (Å²) in [4.78, 5) is 0. The topological polar surface area (TPSA) is 21.3 Å². The number of benzene rings is 1. The molecular formula is C17H23NOS. The molecule has 0 aliphatic carbocycles. The van der Waals surface area contributed by atoms with Gasteiger partial charge in [0.15, 0.2) is 0 Å². The molecule has 1 saturated heterocycles. The molecule has 20 heavy (non-hydrogen) atoms. The molecule has 0 amide bonds. The van der Waals surface area contributed by atoms with Crippen molar-refractivity contribution in [1.82, 2.24) is 5.32 Å². The third-order valence-electron chi connectivity index (χ3n) is 4.66. The van der Waals surface area contributed by atoms with E-state index in [1.165, 1.54) is 15.6 Å². The van der Waals surface area contributed by atoms with Gasteiger partial charge in [-0.05, 0) is 48.7 Å². The molecular weight excluding hydrogens is 266 g/mol. The van der Waals surface area contributed by atoms with E-state index in [9.17, 15) is 0 Å². The highest BCUT2D eigenvalue weighted by atomic mass is 32.1. The molecule has 2 nitrogen and oxygen atoms in total. The first-order valence-electron chi connectivity index (χ1n) is 7.52. The van der Waals surface area contributed by atoms with Gasteiger partial charge in [-0.3, -0.25) is 0 Å². The van der Waals surface area contributed by atoms with Gasteiger partial charge in [-0.15, -0.1) is 11.3 Å². The molecule has 108 valence electrons. The lowest BCUT2D eigenvalue weighted by molar-refractivity contribution is 0.0635. The number of nitrogens with one attached hydrogen (secondary N) is 1. The maximum Gasteiger partial charge on any atom is 0.0619 e. The van der Waals surface area contributed by atoms with Gasteiger partial charge in [0.2, 0.25) is 0 Å². The van der Waals surface area contributed by atoms with Crippen molar-refractivity contribution in [3.63, 3.8) is 0 Å². The maximum atomic E-state index is 5.89. The van der Waals surface area contributed by atoms with E-state index in [-0.39, 0.29) is 5.41 Å². The van der Waals surface area contributed by atoms with Crippen LogP contribution in [0.5, 0.6) is 0 Å². The third kappa shape index (κ3) is 2.50.